The van der Waals surface area contributed by atoms with Gasteiger partial charge in [0.05, 0.1) is 13.2 Å². The number of aromatic amines is 1. The Morgan fingerprint density at radius 1 is 1.24 bits per heavy atom. The van der Waals surface area contributed by atoms with E-state index in [-0.39, 0.29) is 5.56 Å². The van der Waals surface area contributed by atoms with Gasteiger partial charge in [-0.2, -0.15) is 5.26 Å². The SMILES string of the molecule is N#Cc1c(N2CCOCC2)nc(-c2ccccc2)[nH]c1=O. The molecule has 21 heavy (non-hydrogen) atoms. The Bertz CT molecular complexity index is 728. The molecule has 0 amide bonds. The molecule has 1 N–H and O–H groups in total. The van der Waals surface area contributed by atoms with Crippen LogP contribution in [0, 0.1) is 11.3 Å². The minimum atomic E-state index is -0.409. The summed E-state index contributed by atoms with van der Waals surface area (Å²) in [5, 5.41) is 9.22. The first-order chi connectivity index (χ1) is 10.3. The second-order valence-electron chi connectivity index (χ2n) is 4.69. The molecule has 2 heterocycles. The van der Waals surface area contributed by atoms with Crippen molar-refractivity contribution in [3.8, 4) is 17.5 Å². The molecular weight excluding hydrogens is 268 g/mol. The first-order valence-corrected chi connectivity index (χ1v) is 6.72. The fourth-order valence-corrected chi connectivity index (χ4v) is 2.30. The van der Waals surface area contributed by atoms with Crippen molar-refractivity contribution in [2.45, 2.75) is 0 Å². The number of rotatable bonds is 2. The third kappa shape index (κ3) is 2.64. The van der Waals surface area contributed by atoms with Gasteiger partial charge in [0.15, 0.2) is 11.4 Å². The summed E-state index contributed by atoms with van der Waals surface area (Å²) < 4.78 is 5.30. The molecule has 6 nitrogen and oxygen atoms in total. The van der Waals surface area contributed by atoms with Crippen LogP contribution in [-0.2, 0) is 4.74 Å². The fraction of sp³-hybridized carbons (Fsp3) is 0.267. The van der Waals surface area contributed by atoms with Crippen LogP contribution < -0.4 is 10.5 Å². The van der Waals surface area contributed by atoms with Crippen molar-refractivity contribution in [3.63, 3.8) is 0 Å². The number of anilines is 1. The highest BCUT2D eigenvalue weighted by Gasteiger charge is 2.20. The summed E-state index contributed by atoms with van der Waals surface area (Å²) in [6.45, 7) is 2.39. The lowest BCUT2D eigenvalue weighted by Gasteiger charge is -2.28. The predicted molar refractivity (Wildman–Crippen MR) is 78.0 cm³/mol. The van der Waals surface area contributed by atoms with Crippen molar-refractivity contribution in [2.24, 2.45) is 0 Å². The number of ether oxygens (including phenoxy) is 1. The van der Waals surface area contributed by atoms with Gasteiger partial charge in [-0.3, -0.25) is 4.79 Å². The molecule has 0 radical (unpaired) electrons. The van der Waals surface area contributed by atoms with Crippen molar-refractivity contribution in [3.05, 3.63) is 46.2 Å². The summed E-state index contributed by atoms with van der Waals surface area (Å²) in [7, 11) is 0. The first kappa shape index (κ1) is 13.3. The second-order valence-corrected chi connectivity index (χ2v) is 4.69. The molecule has 2 aromatic rings. The fourth-order valence-electron chi connectivity index (χ4n) is 2.30. The number of nitrogens with one attached hydrogen (secondary N) is 1. The molecule has 0 spiro atoms. The molecule has 1 aliphatic heterocycles. The van der Waals surface area contributed by atoms with Crippen LogP contribution in [0.5, 0.6) is 0 Å². The van der Waals surface area contributed by atoms with Gasteiger partial charge in [0, 0.05) is 18.7 Å². The second kappa shape index (κ2) is 5.77. The van der Waals surface area contributed by atoms with Gasteiger partial charge < -0.3 is 14.6 Å². The zero-order chi connectivity index (χ0) is 14.7. The summed E-state index contributed by atoms with van der Waals surface area (Å²) in [6.07, 6.45) is 0. The lowest BCUT2D eigenvalue weighted by atomic mass is 10.2. The standard InChI is InChI=1S/C15H14N4O2/c16-10-12-14(19-6-8-21-9-7-19)17-13(18-15(12)20)11-4-2-1-3-5-11/h1-5H,6-9H2,(H,17,18,20). The number of aromatic nitrogens is 2. The van der Waals surface area contributed by atoms with Crippen LogP contribution in [0.4, 0.5) is 5.82 Å². The van der Waals surface area contributed by atoms with Gasteiger partial charge in [0.25, 0.3) is 5.56 Å². The topological polar surface area (TPSA) is 82.0 Å². The minimum Gasteiger partial charge on any atom is -0.378 e. The van der Waals surface area contributed by atoms with Crippen LogP contribution in [0.1, 0.15) is 5.56 Å². The van der Waals surface area contributed by atoms with Crippen molar-refractivity contribution < 1.29 is 4.74 Å². The van der Waals surface area contributed by atoms with Gasteiger partial charge in [-0.25, -0.2) is 4.98 Å². The van der Waals surface area contributed by atoms with Crippen molar-refractivity contribution in [2.75, 3.05) is 31.2 Å². The van der Waals surface area contributed by atoms with E-state index in [2.05, 4.69) is 9.97 Å². The molecule has 0 unspecified atom stereocenters. The van der Waals surface area contributed by atoms with E-state index < -0.39 is 5.56 Å². The smallest absolute Gasteiger partial charge is 0.271 e. The van der Waals surface area contributed by atoms with Gasteiger partial charge in [-0.15, -0.1) is 0 Å². The molecule has 106 valence electrons. The molecule has 1 aliphatic rings. The minimum absolute atomic E-state index is 0.0524. The largest absolute Gasteiger partial charge is 0.378 e. The number of nitrogens with zero attached hydrogens (tertiary/aromatic N) is 3. The zero-order valence-corrected chi connectivity index (χ0v) is 11.4. The number of H-pyrrole nitrogens is 1. The van der Waals surface area contributed by atoms with E-state index in [9.17, 15) is 10.1 Å². The zero-order valence-electron chi connectivity index (χ0n) is 11.4. The third-order valence-corrected chi connectivity index (χ3v) is 3.37. The molecule has 1 saturated heterocycles. The molecule has 1 fully saturated rings. The van der Waals surface area contributed by atoms with Gasteiger partial charge in [-0.1, -0.05) is 30.3 Å². The summed E-state index contributed by atoms with van der Waals surface area (Å²) in [5.41, 5.74) is 0.457. The van der Waals surface area contributed by atoms with Crippen LogP contribution in [0.2, 0.25) is 0 Å². The lowest BCUT2D eigenvalue weighted by molar-refractivity contribution is 0.122. The Hall–Kier alpha value is -2.65. The molecule has 6 heteroatoms. The maximum Gasteiger partial charge on any atom is 0.271 e. The molecule has 0 saturated carbocycles. The molecule has 0 bridgehead atoms. The van der Waals surface area contributed by atoms with E-state index in [0.717, 1.165) is 5.56 Å². The Labute approximate surface area is 121 Å². The van der Waals surface area contributed by atoms with Crippen LogP contribution in [0.3, 0.4) is 0 Å². The van der Waals surface area contributed by atoms with Crippen LogP contribution in [0.15, 0.2) is 35.1 Å². The Balaban J connectivity index is 2.11. The predicted octanol–water partition coefficient (Wildman–Crippen LogP) is 1.15. The van der Waals surface area contributed by atoms with E-state index in [4.69, 9.17) is 4.74 Å². The normalized spacial score (nSPS) is 14.7. The van der Waals surface area contributed by atoms with Gasteiger partial charge in [0.1, 0.15) is 11.9 Å². The average Bonchev–Trinajstić information content (AvgIpc) is 2.55. The van der Waals surface area contributed by atoms with E-state index >= 15 is 0 Å². The Morgan fingerprint density at radius 3 is 2.62 bits per heavy atom. The summed E-state index contributed by atoms with van der Waals surface area (Å²) in [6, 6.07) is 11.3. The molecular formula is C15H14N4O2. The van der Waals surface area contributed by atoms with E-state index in [1.54, 1.807) is 0 Å². The Kier molecular flexibility index (Phi) is 3.67. The van der Waals surface area contributed by atoms with Gasteiger partial charge >= 0.3 is 0 Å². The van der Waals surface area contributed by atoms with Crippen molar-refractivity contribution in [1.82, 2.24) is 9.97 Å². The number of benzene rings is 1. The van der Waals surface area contributed by atoms with E-state index in [1.165, 1.54) is 0 Å². The van der Waals surface area contributed by atoms with Crippen molar-refractivity contribution >= 4 is 5.82 Å². The average molecular weight is 282 g/mol. The summed E-state index contributed by atoms with van der Waals surface area (Å²) >= 11 is 0. The van der Waals surface area contributed by atoms with E-state index in [1.807, 2.05) is 41.3 Å². The molecule has 0 atom stereocenters. The highest BCUT2D eigenvalue weighted by Crippen LogP contribution is 2.20. The molecule has 1 aromatic heterocycles. The van der Waals surface area contributed by atoms with Crippen LogP contribution in [0.25, 0.3) is 11.4 Å². The summed E-state index contributed by atoms with van der Waals surface area (Å²) in [5.74, 6) is 0.907. The monoisotopic (exact) mass is 282 g/mol. The molecule has 0 aliphatic carbocycles. The summed E-state index contributed by atoms with van der Waals surface area (Å²) in [4.78, 5) is 21.2. The number of hydrogen-bond donors (Lipinski definition) is 1. The number of morpholine rings is 1. The van der Waals surface area contributed by atoms with E-state index in [0.29, 0.717) is 37.9 Å². The Morgan fingerprint density at radius 2 is 1.95 bits per heavy atom. The number of nitriles is 1. The van der Waals surface area contributed by atoms with Crippen LogP contribution >= 0.6 is 0 Å². The first-order valence-electron chi connectivity index (χ1n) is 6.72. The van der Waals surface area contributed by atoms with Crippen molar-refractivity contribution in [1.29, 1.82) is 5.26 Å². The molecule has 1 aromatic carbocycles. The quantitative estimate of drug-likeness (QED) is 0.893. The lowest BCUT2D eigenvalue weighted by Crippen LogP contribution is -2.38. The maximum absolute atomic E-state index is 12.1. The van der Waals surface area contributed by atoms with Crippen LogP contribution in [-0.4, -0.2) is 36.3 Å². The number of hydrogen-bond acceptors (Lipinski definition) is 5. The highest BCUT2D eigenvalue weighted by atomic mass is 16.5. The third-order valence-electron chi connectivity index (χ3n) is 3.37. The van der Waals surface area contributed by atoms with Gasteiger partial charge in [0.2, 0.25) is 0 Å². The highest BCUT2D eigenvalue weighted by molar-refractivity contribution is 5.61. The molecule has 3 rings (SSSR count). The van der Waals surface area contributed by atoms with Gasteiger partial charge in [-0.05, 0) is 0 Å². The maximum atomic E-state index is 12.1.